The first-order valence-electron chi connectivity index (χ1n) is 10.9. The summed E-state index contributed by atoms with van der Waals surface area (Å²) in [6.07, 6.45) is 5.79. The molecule has 2 saturated heterocycles. The van der Waals surface area contributed by atoms with Gasteiger partial charge in [-0.05, 0) is 52.9 Å². The maximum Gasteiger partial charge on any atom is 0.410 e. The van der Waals surface area contributed by atoms with Gasteiger partial charge in [-0.1, -0.05) is 0 Å². The quantitative estimate of drug-likeness (QED) is 0.317. The summed E-state index contributed by atoms with van der Waals surface area (Å²) in [5, 5.41) is 3.35. The van der Waals surface area contributed by atoms with Gasteiger partial charge in [0.15, 0.2) is 5.96 Å². The molecule has 0 bridgehead atoms. The summed E-state index contributed by atoms with van der Waals surface area (Å²) in [6, 6.07) is 0. The van der Waals surface area contributed by atoms with Crippen LogP contribution in [0.1, 0.15) is 52.9 Å². The lowest BCUT2D eigenvalue weighted by atomic mass is 10.1. The molecule has 0 aromatic carbocycles. The number of carbonyl (C=O) groups is 1. The van der Waals surface area contributed by atoms with Crippen molar-refractivity contribution < 1.29 is 19.0 Å². The number of halogens is 1. The van der Waals surface area contributed by atoms with Crippen molar-refractivity contribution in [3.05, 3.63) is 0 Å². The van der Waals surface area contributed by atoms with Crippen LogP contribution in [0.15, 0.2) is 4.99 Å². The van der Waals surface area contributed by atoms with E-state index in [9.17, 15) is 4.79 Å². The van der Waals surface area contributed by atoms with Gasteiger partial charge in [0.1, 0.15) is 5.60 Å². The molecule has 1 amide bonds. The molecule has 9 heteroatoms. The van der Waals surface area contributed by atoms with E-state index in [0.29, 0.717) is 25.8 Å². The molecular formula is C21H41IN4O4. The van der Waals surface area contributed by atoms with E-state index in [-0.39, 0.29) is 36.2 Å². The van der Waals surface area contributed by atoms with Crippen LogP contribution < -0.4 is 5.32 Å². The molecule has 1 unspecified atom stereocenters. The fourth-order valence-corrected chi connectivity index (χ4v) is 3.52. The van der Waals surface area contributed by atoms with Crippen LogP contribution in [-0.4, -0.2) is 93.1 Å². The Balaban J connectivity index is 0.00000450. The number of ether oxygens (including phenoxy) is 3. The molecule has 0 saturated carbocycles. The minimum absolute atomic E-state index is 0. The molecule has 1 N–H and O–H groups in total. The highest BCUT2D eigenvalue weighted by Gasteiger charge is 2.24. The van der Waals surface area contributed by atoms with Crippen LogP contribution in [0.3, 0.4) is 0 Å². The van der Waals surface area contributed by atoms with Gasteiger partial charge < -0.3 is 29.3 Å². The third kappa shape index (κ3) is 10.00. The third-order valence-corrected chi connectivity index (χ3v) is 5.18. The van der Waals surface area contributed by atoms with Crippen LogP contribution in [0, 0.1) is 0 Å². The van der Waals surface area contributed by atoms with E-state index in [4.69, 9.17) is 14.2 Å². The first-order chi connectivity index (χ1) is 13.8. The van der Waals surface area contributed by atoms with Gasteiger partial charge in [-0.25, -0.2) is 4.79 Å². The fraction of sp³-hybridized carbons (Fsp3) is 0.905. The van der Waals surface area contributed by atoms with Crippen molar-refractivity contribution in [1.82, 2.24) is 15.1 Å². The Bertz CT molecular complexity index is 528. The number of hydrogen-bond donors (Lipinski definition) is 1. The van der Waals surface area contributed by atoms with E-state index in [1.165, 1.54) is 12.8 Å². The number of nitrogens with one attached hydrogen (secondary N) is 1. The largest absolute Gasteiger partial charge is 0.444 e. The number of likely N-dealkylation sites (tertiary alicyclic amines) is 1. The first-order valence-corrected chi connectivity index (χ1v) is 10.9. The summed E-state index contributed by atoms with van der Waals surface area (Å²) < 4.78 is 17.2. The zero-order valence-corrected chi connectivity index (χ0v) is 21.6. The van der Waals surface area contributed by atoms with Crippen molar-refractivity contribution in [2.24, 2.45) is 4.99 Å². The van der Waals surface area contributed by atoms with Crippen LogP contribution in [0.2, 0.25) is 0 Å². The van der Waals surface area contributed by atoms with E-state index >= 15 is 0 Å². The second-order valence-corrected chi connectivity index (χ2v) is 8.88. The van der Waals surface area contributed by atoms with Crippen molar-refractivity contribution in [3.63, 3.8) is 0 Å². The number of amides is 1. The van der Waals surface area contributed by atoms with E-state index in [1.807, 2.05) is 20.8 Å². The highest BCUT2D eigenvalue weighted by Crippen LogP contribution is 2.18. The minimum atomic E-state index is -0.482. The normalized spacial score (nSPS) is 21.0. The molecule has 176 valence electrons. The molecule has 2 fully saturated rings. The van der Waals surface area contributed by atoms with Crippen molar-refractivity contribution >= 4 is 36.0 Å². The number of aliphatic imine (C=N–C) groups is 1. The fourth-order valence-electron chi connectivity index (χ4n) is 3.52. The van der Waals surface area contributed by atoms with E-state index in [0.717, 1.165) is 44.9 Å². The Morgan fingerprint density at radius 2 is 1.93 bits per heavy atom. The molecule has 0 radical (unpaired) electrons. The van der Waals surface area contributed by atoms with Gasteiger partial charge in [0.25, 0.3) is 0 Å². The van der Waals surface area contributed by atoms with E-state index in [2.05, 4.69) is 15.2 Å². The van der Waals surface area contributed by atoms with Gasteiger partial charge >= 0.3 is 6.09 Å². The molecule has 2 aliphatic rings. The Morgan fingerprint density at radius 3 is 2.50 bits per heavy atom. The summed E-state index contributed by atoms with van der Waals surface area (Å²) >= 11 is 0. The van der Waals surface area contributed by atoms with Gasteiger partial charge in [-0.3, -0.25) is 4.99 Å². The molecule has 2 heterocycles. The topological polar surface area (TPSA) is 75.6 Å². The Morgan fingerprint density at radius 1 is 1.23 bits per heavy atom. The molecule has 0 spiro atoms. The molecule has 30 heavy (non-hydrogen) atoms. The zero-order chi connectivity index (χ0) is 21.3. The number of hydrogen-bond acceptors (Lipinski definition) is 5. The number of guanidine groups is 1. The Labute approximate surface area is 199 Å². The lowest BCUT2D eigenvalue weighted by Crippen LogP contribution is -2.49. The van der Waals surface area contributed by atoms with Gasteiger partial charge in [0, 0.05) is 46.9 Å². The molecule has 2 aliphatic heterocycles. The number of carbonyl (C=O) groups excluding carboxylic acids is 1. The van der Waals surface area contributed by atoms with Gasteiger partial charge in [0.05, 0.1) is 18.8 Å². The smallest absolute Gasteiger partial charge is 0.410 e. The second kappa shape index (κ2) is 13.6. The third-order valence-electron chi connectivity index (χ3n) is 5.18. The van der Waals surface area contributed by atoms with Crippen LogP contribution in [0.4, 0.5) is 4.79 Å². The van der Waals surface area contributed by atoms with Gasteiger partial charge in [0.2, 0.25) is 0 Å². The lowest BCUT2D eigenvalue weighted by Gasteiger charge is -2.35. The number of nitrogens with zero attached hydrogens (tertiary/aromatic N) is 3. The molecule has 0 aromatic rings. The Hall–Kier alpha value is -0.810. The van der Waals surface area contributed by atoms with Crippen molar-refractivity contribution in [2.75, 3.05) is 53.5 Å². The summed E-state index contributed by atoms with van der Waals surface area (Å²) in [6.45, 7) is 10.2. The summed E-state index contributed by atoms with van der Waals surface area (Å²) in [5.41, 5.74) is -0.482. The highest BCUT2D eigenvalue weighted by molar-refractivity contribution is 14.0. The summed E-state index contributed by atoms with van der Waals surface area (Å²) in [5.74, 6) is 0.872. The van der Waals surface area contributed by atoms with Crippen molar-refractivity contribution in [1.29, 1.82) is 0 Å². The van der Waals surface area contributed by atoms with Gasteiger partial charge in [-0.2, -0.15) is 0 Å². The average molecular weight is 540 g/mol. The minimum Gasteiger partial charge on any atom is -0.444 e. The molecule has 1 atom stereocenters. The number of piperidine rings is 1. The maximum absolute atomic E-state index is 12.0. The second-order valence-electron chi connectivity index (χ2n) is 8.88. The van der Waals surface area contributed by atoms with Crippen LogP contribution in [-0.2, 0) is 14.2 Å². The number of likely N-dealkylation sites (N-methyl/N-ethyl adjacent to an activating group) is 1. The zero-order valence-electron chi connectivity index (χ0n) is 19.3. The monoisotopic (exact) mass is 540 g/mol. The Kier molecular flexibility index (Phi) is 12.3. The number of rotatable bonds is 6. The maximum atomic E-state index is 12.0. The van der Waals surface area contributed by atoms with Crippen molar-refractivity contribution in [3.8, 4) is 0 Å². The lowest BCUT2D eigenvalue weighted by molar-refractivity contribution is -0.0721. The van der Waals surface area contributed by atoms with Gasteiger partial charge in [-0.15, -0.1) is 24.0 Å². The molecule has 8 nitrogen and oxygen atoms in total. The predicted molar refractivity (Wildman–Crippen MR) is 130 cm³/mol. The molecule has 0 aliphatic carbocycles. The van der Waals surface area contributed by atoms with Crippen LogP contribution >= 0.6 is 24.0 Å². The molecular weight excluding hydrogens is 499 g/mol. The van der Waals surface area contributed by atoms with Crippen molar-refractivity contribution in [2.45, 2.75) is 70.7 Å². The first kappa shape index (κ1) is 27.2. The SMILES string of the molecule is CN=C(NCCN(C)C(=O)OC(C)(C)C)N1CCC(OCC2CCCCO2)CC1.I. The highest BCUT2D eigenvalue weighted by atomic mass is 127. The van der Waals surface area contributed by atoms with E-state index in [1.54, 1.807) is 19.0 Å². The average Bonchev–Trinajstić information content (AvgIpc) is 2.69. The van der Waals surface area contributed by atoms with Crippen LogP contribution in [0.5, 0.6) is 0 Å². The summed E-state index contributed by atoms with van der Waals surface area (Å²) in [7, 11) is 3.54. The predicted octanol–water partition coefficient (Wildman–Crippen LogP) is 3.10. The summed E-state index contributed by atoms with van der Waals surface area (Å²) in [4.78, 5) is 20.3. The molecule has 2 rings (SSSR count). The van der Waals surface area contributed by atoms with Crippen LogP contribution in [0.25, 0.3) is 0 Å². The molecule has 0 aromatic heterocycles. The van der Waals surface area contributed by atoms with E-state index < -0.39 is 5.60 Å². The standard InChI is InChI=1S/C21H40N4O4.HI/c1-21(2,3)29-20(26)24(5)14-11-23-19(22-4)25-12-9-17(10-13-25)28-16-18-8-6-7-15-27-18;/h17-18H,6-16H2,1-5H3,(H,22,23);1H.